The van der Waals surface area contributed by atoms with E-state index in [1.165, 1.54) is 0 Å². The van der Waals surface area contributed by atoms with Gasteiger partial charge in [-0.1, -0.05) is 36.4 Å². The first-order valence-electron chi connectivity index (χ1n) is 6.47. The molecule has 2 aromatic carbocycles. The standard InChI is InChI=1S/C16H16N2O2/c1-11-5-3-4-6-14(11)15-17-16(20-18-15)12-7-9-13(19-2)10-8-12/h3-10,16H,1-2H3,(H,17,18). The van der Waals surface area contributed by atoms with Crippen LogP contribution in [0.4, 0.5) is 0 Å². The highest BCUT2D eigenvalue weighted by Crippen LogP contribution is 2.25. The molecular weight excluding hydrogens is 252 g/mol. The fourth-order valence-corrected chi connectivity index (χ4v) is 2.16. The summed E-state index contributed by atoms with van der Waals surface area (Å²) in [5, 5.41) is 0. The van der Waals surface area contributed by atoms with Crippen molar-refractivity contribution in [1.82, 2.24) is 5.48 Å². The molecule has 1 aliphatic rings. The minimum Gasteiger partial charge on any atom is -0.497 e. The summed E-state index contributed by atoms with van der Waals surface area (Å²) in [6.07, 6.45) is -0.324. The molecule has 20 heavy (non-hydrogen) atoms. The average molecular weight is 268 g/mol. The number of hydroxylamine groups is 1. The van der Waals surface area contributed by atoms with Gasteiger partial charge in [0.1, 0.15) is 5.75 Å². The number of amidine groups is 1. The lowest BCUT2D eigenvalue weighted by Gasteiger charge is -2.06. The molecule has 1 aliphatic heterocycles. The third-order valence-electron chi connectivity index (χ3n) is 3.31. The number of rotatable bonds is 3. The van der Waals surface area contributed by atoms with Gasteiger partial charge in [0.25, 0.3) is 0 Å². The van der Waals surface area contributed by atoms with Crippen LogP contribution in [0.2, 0.25) is 0 Å². The lowest BCUT2D eigenvalue weighted by atomic mass is 10.1. The molecule has 1 heterocycles. The summed E-state index contributed by atoms with van der Waals surface area (Å²) in [6, 6.07) is 15.8. The van der Waals surface area contributed by atoms with Crippen molar-refractivity contribution >= 4 is 5.84 Å². The topological polar surface area (TPSA) is 42.8 Å². The molecule has 3 rings (SSSR count). The zero-order chi connectivity index (χ0) is 13.9. The number of ether oxygens (including phenoxy) is 1. The Morgan fingerprint density at radius 3 is 2.55 bits per heavy atom. The molecule has 0 radical (unpaired) electrons. The molecule has 0 amide bonds. The van der Waals surface area contributed by atoms with Crippen LogP contribution in [0, 0.1) is 6.92 Å². The Kier molecular flexibility index (Phi) is 3.39. The molecule has 1 N–H and O–H groups in total. The van der Waals surface area contributed by atoms with Gasteiger partial charge in [-0.15, -0.1) is 0 Å². The van der Waals surface area contributed by atoms with Gasteiger partial charge in [-0.25, -0.2) is 15.3 Å². The summed E-state index contributed by atoms with van der Waals surface area (Å²) in [5.74, 6) is 1.59. The molecule has 1 unspecified atom stereocenters. The fourth-order valence-electron chi connectivity index (χ4n) is 2.16. The monoisotopic (exact) mass is 268 g/mol. The van der Waals surface area contributed by atoms with Crippen molar-refractivity contribution in [2.24, 2.45) is 4.99 Å². The van der Waals surface area contributed by atoms with E-state index in [2.05, 4.69) is 23.5 Å². The highest BCUT2D eigenvalue weighted by Gasteiger charge is 2.21. The van der Waals surface area contributed by atoms with E-state index in [9.17, 15) is 0 Å². The zero-order valence-corrected chi connectivity index (χ0v) is 11.5. The van der Waals surface area contributed by atoms with Crippen molar-refractivity contribution in [1.29, 1.82) is 0 Å². The van der Waals surface area contributed by atoms with E-state index in [0.717, 1.165) is 28.3 Å². The maximum atomic E-state index is 5.54. The van der Waals surface area contributed by atoms with Crippen LogP contribution in [-0.2, 0) is 4.84 Å². The first kappa shape index (κ1) is 12.7. The van der Waals surface area contributed by atoms with E-state index < -0.39 is 0 Å². The Labute approximate surface area is 118 Å². The van der Waals surface area contributed by atoms with E-state index >= 15 is 0 Å². The Hall–Kier alpha value is -2.33. The van der Waals surface area contributed by atoms with Gasteiger partial charge in [0.05, 0.1) is 7.11 Å². The van der Waals surface area contributed by atoms with Crippen LogP contribution in [0.25, 0.3) is 0 Å². The minimum absolute atomic E-state index is 0.324. The van der Waals surface area contributed by atoms with Gasteiger partial charge in [-0.3, -0.25) is 0 Å². The smallest absolute Gasteiger partial charge is 0.202 e. The SMILES string of the molecule is COc1ccc(C2N=C(c3ccccc3C)NO2)cc1. The van der Waals surface area contributed by atoms with Crippen LogP contribution in [0.3, 0.4) is 0 Å². The molecule has 1 atom stereocenters. The predicted molar refractivity (Wildman–Crippen MR) is 77.7 cm³/mol. The zero-order valence-electron chi connectivity index (χ0n) is 11.5. The lowest BCUT2D eigenvalue weighted by molar-refractivity contribution is 0.0376. The van der Waals surface area contributed by atoms with E-state index in [4.69, 9.17) is 9.57 Å². The highest BCUT2D eigenvalue weighted by molar-refractivity contribution is 6.00. The molecule has 0 aliphatic carbocycles. The van der Waals surface area contributed by atoms with E-state index in [1.54, 1.807) is 7.11 Å². The quantitative estimate of drug-likeness (QED) is 0.930. The fraction of sp³-hybridized carbons (Fsp3) is 0.188. The third kappa shape index (κ3) is 2.38. The van der Waals surface area contributed by atoms with Crippen LogP contribution < -0.4 is 10.2 Å². The Morgan fingerprint density at radius 2 is 1.85 bits per heavy atom. The number of aliphatic imine (C=N–C) groups is 1. The van der Waals surface area contributed by atoms with Gasteiger partial charge < -0.3 is 4.74 Å². The van der Waals surface area contributed by atoms with Crippen LogP contribution in [0.15, 0.2) is 53.5 Å². The summed E-state index contributed by atoms with van der Waals surface area (Å²) in [7, 11) is 1.65. The first-order valence-corrected chi connectivity index (χ1v) is 6.47. The molecule has 0 spiro atoms. The number of hydrogen-bond acceptors (Lipinski definition) is 4. The number of hydrogen-bond donors (Lipinski definition) is 1. The highest BCUT2D eigenvalue weighted by atomic mass is 16.7. The predicted octanol–water partition coefficient (Wildman–Crippen LogP) is 2.98. The summed E-state index contributed by atoms with van der Waals surface area (Å²) in [6.45, 7) is 2.06. The van der Waals surface area contributed by atoms with Crippen molar-refractivity contribution in [3.05, 3.63) is 65.2 Å². The number of nitrogens with one attached hydrogen (secondary N) is 1. The number of methoxy groups -OCH3 is 1. The van der Waals surface area contributed by atoms with Crippen LogP contribution in [0.5, 0.6) is 5.75 Å². The van der Waals surface area contributed by atoms with E-state index in [-0.39, 0.29) is 6.23 Å². The summed E-state index contributed by atoms with van der Waals surface area (Å²) < 4.78 is 5.15. The van der Waals surface area contributed by atoms with Crippen LogP contribution in [0.1, 0.15) is 22.9 Å². The maximum Gasteiger partial charge on any atom is 0.202 e. The molecule has 0 bridgehead atoms. The minimum atomic E-state index is -0.324. The van der Waals surface area contributed by atoms with Crippen LogP contribution >= 0.6 is 0 Å². The molecule has 2 aromatic rings. The van der Waals surface area contributed by atoms with Crippen LogP contribution in [-0.4, -0.2) is 12.9 Å². The van der Waals surface area contributed by atoms with Gasteiger partial charge in [0.2, 0.25) is 6.23 Å². The molecule has 4 heteroatoms. The normalized spacial score (nSPS) is 17.5. The van der Waals surface area contributed by atoms with Gasteiger partial charge in [0.15, 0.2) is 5.84 Å². The van der Waals surface area contributed by atoms with Gasteiger partial charge in [-0.2, -0.15) is 0 Å². The lowest BCUT2D eigenvalue weighted by Crippen LogP contribution is -2.18. The molecule has 4 nitrogen and oxygen atoms in total. The number of benzene rings is 2. The molecular formula is C16H16N2O2. The Balaban J connectivity index is 1.85. The number of nitrogens with zero attached hydrogens (tertiary/aromatic N) is 1. The Morgan fingerprint density at radius 1 is 1.10 bits per heavy atom. The van der Waals surface area contributed by atoms with Crippen molar-refractivity contribution in [3.63, 3.8) is 0 Å². The second-order valence-corrected chi connectivity index (χ2v) is 4.64. The second kappa shape index (κ2) is 5.35. The number of aryl methyl sites for hydroxylation is 1. The third-order valence-corrected chi connectivity index (χ3v) is 3.31. The van der Waals surface area contributed by atoms with Gasteiger partial charge in [-0.05, 0) is 24.6 Å². The van der Waals surface area contributed by atoms with Crippen molar-refractivity contribution in [3.8, 4) is 5.75 Å². The summed E-state index contributed by atoms with van der Waals surface area (Å²) in [4.78, 5) is 10.1. The summed E-state index contributed by atoms with van der Waals surface area (Å²) >= 11 is 0. The molecule has 0 aromatic heterocycles. The van der Waals surface area contributed by atoms with Crippen molar-refractivity contribution < 1.29 is 9.57 Å². The maximum absolute atomic E-state index is 5.54. The van der Waals surface area contributed by atoms with Crippen molar-refractivity contribution in [2.75, 3.05) is 7.11 Å². The first-order chi connectivity index (χ1) is 9.78. The van der Waals surface area contributed by atoms with Crippen molar-refractivity contribution in [2.45, 2.75) is 13.2 Å². The molecule has 0 saturated heterocycles. The molecule has 0 fully saturated rings. The average Bonchev–Trinajstić information content (AvgIpc) is 2.97. The van der Waals surface area contributed by atoms with Gasteiger partial charge in [0, 0.05) is 11.1 Å². The Bertz CT molecular complexity index is 635. The van der Waals surface area contributed by atoms with Gasteiger partial charge >= 0.3 is 0 Å². The molecule has 0 saturated carbocycles. The summed E-state index contributed by atoms with van der Waals surface area (Å²) in [5.41, 5.74) is 6.12. The largest absolute Gasteiger partial charge is 0.497 e. The van der Waals surface area contributed by atoms with E-state index in [0.29, 0.717) is 0 Å². The second-order valence-electron chi connectivity index (χ2n) is 4.64. The molecule has 102 valence electrons. The van der Waals surface area contributed by atoms with E-state index in [1.807, 2.05) is 42.5 Å².